The number of carbonyl (C=O) groups is 1. The van der Waals surface area contributed by atoms with Gasteiger partial charge in [0.25, 0.3) is 5.56 Å². The summed E-state index contributed by atoms with van der Waals surface area (Å²) in [5.74, 6) is 0.334. The number of carbonyl (C=O) groups excluding carboxylic acids is 1. The Bertz CT molecular complexity index is 902. The van der Waals surface area contributed by atoms with Crippen molar-refractivity contribution in [3.8, 4) is 0 Å². The van der Waals surface area contributed by atoms with Gasteiger partial charge in [-0.25, -0.2) is 4.98 Å². The number of aromatic nitrogens is 2. The first-order valence-corrected chi connectivity index (χ1v) is 11.0. The summed E-state index contributed by atoms with van der Waals surface area (Å²) < 4.78 is 12.2. The summed E-state index contributed by atoms with van der Waals surface area (Å²) in [6.45, 7) is 3.29. The van der Waals surface area contributed by atoms with Crippen LogP contribution in [0.5, 0.6) is 0 Å². The Balaban J connectivity index is 1.62. The summed E-state index contributed by atoms with van der Waals surface area (Å²) in [5.41, 5.74) is 1.18. The van der Waals surface area contributed by atoms with Crippen molar-refractivity contribution in [1.29, 1.82) is 0 Å². The highest BCUT2D eigenvalue weighted by Gasteiger charge is 2.24. The van der Waals surface area contributed by atoms with Gasteiger partial charge >= 0.3 is 0 Å². The van der Waals surface area contributed by atoms with Crippen molar-refractivity contribution in [1.82, 2.24) is 14.5 Å². The van der Waals surface area contributed by atoms with Crippen LogP contribution in [0.3, 0.4) is 0 Å². The second kappa shape index (κ2) is 8.30. The Labute approximate surface area is 165 Å². The Hall–Kier alpha value is -1.42. The van der Waals surface area contributed by atoms with Crippen molar-refractivity contribution in [3.63, 3.8) is 0 Å². The molecule has 0 bridgehead atoms. The number of thiophene rings is 1. The van der Waals surface area contributed by atoms with Crippen LogP contribution in [0.25, 0.3) is 10.2 Å². The van der Waals surface area contributed by atoms with Gasteiger partial charge in [-0.1, -0.05) is 11.8 Å². The molecule has 0 saturated carbocycles. The maximum atomic E-state index is 13.2. The van der Waals surface area contributed by atoms with E-state index in [9.17, 15) is 9.59 Å². The van der Waals surface area contributed by atoms with Crippen molar-refractivity contribution in [2.45, 2.75) is 31.0 Å². The monoisotopic (exact) mass is 409 g/mol. The molecule has 0 radical (unpaired) electrons. The standard InChI is InChI=1S/C18H23N3O4S2/c1-24-8-7-21-17(23)15-12-3-2-4-13(12)27-16(15)19-18(21)26-11-14(22)20-5-9-25-10-6-20/h2-11H2,1H3. The largest absolute Gasteiger partial charge is 0.383 e. The lowest BCUT2D eigenvalue weighted by Crippen LogP contribution is -2.41. The summed E-state index contributed by atoms with van der Waals surface area (Å²) in [6, 6.07) is 0. The molecule has 7 nitrogen and oxygen atoms in total. The summed E-state index contributed by atoms with van der Waals surface area (Å²) in [6.07, 6.45) is 3.10. The molecule has 2 aromatic rings. The first-order chi connectivity index (χ1) is 13.2. The third-order valence-electron chi connectivity index (χ3n) is 5.00. The van der Waals surface area contributed by atoms with Crippen LogP contribution in [-0.2, 0) is 33.7 Å². The van der Waals surface area contributed by atoms with Crippen molar-refractivity contribution in [2.24, 2.45) is 0 Å². The number of hydrogen-bond acceptors (Lipinski definition) is 7. The summed E-state index contributed by atoms with van der Waals surface area (Å²) in [7, 11) is 1.62. The topological polar surface area (TPSA) is 73.7 Å². The van der Waals surface area contributed by atoms with Gasteiger partial charge in [-0.3, -0.25) is 14.2 Å². The van der Waals surface area contributed by atoms with Gasteiger partial charge in [-0.15, -0.1) is 11.3 Å². The molecule has 146 valence electrons. The average molecular weight is 410 g/mol. The zero-order valence-corrected chi connectivity index (χ0v) is 17.0. The second-order valence-corrected chi connectivity index (χ2v) is 8.69. The van der Waals surface area contributed by atoms with Crippen LogP contribution < -0.4 is 5.56 Å². The van der Waals surface area contributed by atoms with Crippen molar-refractivity contribution < 1.29 is 14.3 Å². The number of thioether (sulfide) groups is 1. The number of ether oxygens (including phenoxy) is 2. The van der Waals surface area contributed by atoms with E-state index >= 15 is 0 Å². The lowest BCUT2D eigenvalue weighted by molar-refractivity contribution is -0.132. The number of amides is 1. The molecule has 4 rings (SSSR count). The van der Waals surface area contributed by atoms with Crippen molar-refractivity contribution in [3.05, 3.63) is 20.8 Å². The first kappa shape index (κ1) is 18.9. The van der Waals surface area contributed by atoms with E-state index in [2.05, 4.69) is 0 Å². The maximum Gasteiger partial charge on any atom is 0.263 e. The van der Waals surface area contributed by atoms with E-state index in [1.165, 1.54) is 22.2 Å². The minimum Gasteiger partial charge on any atom is -0.383 e. The predicted octanol–water partition coefficient (Wildman–Crippen LogP) is 1.54. The van der Waals surface area contributed by atoms with E-state index in [1.54, 1.807) is 23.0 Å². The fraction of sp³-hybridized carbons (Fsp3) is 0.611. The highest BCUT2D eigenvalue weighted by Crippen LogP contribution is 2.35. The summed E-state index contributed by atoms with van der Waals surface area (Å²) >= 11 is 2.97. The molecule has 2 aromatic heterocycles. The fourth-order valence-electron chi connectivity index (χ4n) is 3.58. The number of fused-ring (bicyclic) bond motifs is 3. The lowest BCUT2D eigenvalue weighted by Gasteiger charge is -2.26. The van der Waals surface area contributed by atoms with Gasteiger partial charge in [-0.05, 0) is 24.8 Å². The van der Waals surface area contributed by atoms with Gasteiger partial charge in [0, 0.05) is 25.1 Å². The smallest absolute Gasteiger partial charge is 0.263 e. The van der Waals surface area contributed by atoms with E-state index < -0.39 is 0 Å². The van der Waals surface area contributed by atoms with Crippen LogP contribution in [0.15, 0.2) is 9.95 Å². The quantitative estimate of drug-likeness (QED) is 0.532. The van der Waals surface area contributed by atoms with Gasteiger partial charge in [0.15, 0.2) is 5.16 Å². The molecule has 0 unspecified atom stereocenters. The van der Waals surface area contributed by atoms with Crippen molar-refractivity contribution >= 4 is 39.2 Å². The van der Waals surface area contributed by atoms with Gasteiger partial charge < -0.3 is 14.4 Å². The fourth-order valence-corrected chi connectivity index (χ4v) is 5.81. The number of hydrogen-bond donors (Lipinski definition) is 0. The Morgan fingerprint density at radius 2 is 2.15 bits per heavy atom. The highest BCUT2D eigenvalue weighted by atomic mass is 32.2. The molecule has 0 N–H and O–H groups in total. The molecular formula is C18H23N3O4S2. The first-order valence-electron chi connectivity index (χ1n) is 9.21. The number of nitrogens with zero attached hydrogens (tertiary/aromatic N) is 3. The van der Waals surface area contributed by atoms with Crippen molar-refractivity contribution in [2.75, 3.05) is 45.8 Å². The SMILES string of the molecule is COCCn1c(SCC(=O)N2CCOCC2)nc2sc3c(c2c1=O)CCC3. The van der Waals surface area contributed by atoms with E-state index in [4.69, 9.17) is 14.5 Å². The molecule has 1 fully saturated rings. The molecule has 1 aliphatic heterocycles. The van der Waals surface area contributed by atoms with Crippen LogP contribution in [-0.4, -0.2) is 66.1 Å². The Kier molecular flexibility index (Phi) is 5.82. The normalized spacial score (nSPS) is 16.9. The van der Waals surface area contributed by atoms with Crippen LogP contribution in [0.2, 0.25) is 0 Å². The Morgan fingerprint density at radius 3 is 2.93 bits per heavy atom. The highest BCUT2D eigenvalue weighted by molar-refractivity contribution is 7.99. The third-order valence-corrected chi connectivity index (χ3v) is 7.14. The zero-order chi connectivity index (χ0) is 18.8. The van der Waals surface area contributed by atoms with Crippen LogP contribution in [0.4, 0.5) is 0 Å². The maximum absolute atomic E-state index is 13.2. The van der Waals surface area contributed by atoms with Gasteiger partial charge in [-0.2, -0.15) is 0 Å². The van der Waals surface area contributed by atoms with Crippen LogP contribution >= 0.6 is 23.1 Å². The molecule has 0 aromatic carbocycles. The van der Waals surface area contributed by atoms with Crippen LogP contribution in [0.1, 0.15) is 16.9 Å². The third kappa shape index (κ3) is 3.78. The molecule has 2 aliphatic rings. The molecule has 1 amide bonds. The summed E-state index contributed by atoms with van der Waals surface area (Å²) in [4.78, 5) is 34.3. The molecule has 0 spiro atoms. The lowest BCUT2D eigenvalue weighted by atomic mass is 10.2. The average Bonchev–Trinajstić information content (AvgIpc) is 3.27. The molecule has 1 aliphatic carbocycles. The zero-order valence-electron chi connectivity index (χ0n) is 15.4. The number of rotatable bonds is 6. The van der Waals surface area contributed by atoms with E-state index in [1.807, 2.05) is 4.90 Å². The number of methoxy groups -OCH3 is 1. The molecule has 9 heteroatoms. The van der Waals surface area contributed by atoms with Gasteiger partial charge in [0.1, 0.15) is 4.83 Å². The summed E-state index contributed by atoms with van der Waals surface area (Å²) in [5, 5.41) is 1.37. The van der Waals surface area contributed by atoms with E-state index in [-0.39, 0.29) is 17.2 Å². The molecular weight excluding hydrogens is 386 g/mol. The van der Waals surface area contributed by atoms with Crippen LogP contribution in [0, 0.1) is 0 Å². The molecule has 27 heavy (non-hydrogen) atoms. The predicted molar refractivity (Wildman–Crippen MR) is 106 cm³/mol. The van der Waals surface area contributed by atoms with E-state index in [0.29, 0.717) is 44.6 Å². The van der Waals surface area contributed by atoms with Gasteiger partial charge in [0.05, 0.1) is 37.5 Å². The molecule has 0 atom stereocenters. The van der Waals surface area contributed by atoms with Gasteiger partial charge in [0.2, 0.25) is 5.91 Å². The number of aryl methyl sites for hydroxylation is 2. The number of morpholine rings is 1. The minimum atomic E-state index is -0.00206. The second-order valence-electron chi connectivity index (χ2n) is 6.66. The molecule has 1 saturated heterocycles. The van der Waals surface area contributed by atoms with E-state index in [0.717, 1.165) is 29.5 Å². The molecule has 3 heterocycles. The Morgan fingerprint density at radius 1 is 1.33 bits per heavy atom. The minimum absolute atomic E-state index is 0.00206.